The second kappa shape index (κ2) is 22.5. The Labute approximate surface area is 448 Å². The monoisotopic (exact) mass is 1130 g/mol. The smallest absolute Gasteiger partial charge is 0.507 e. The Morgan fingerprint density at radius 2 is 0.986 bits per heavy atom. The summed E-state index contributed by atoms with van der Waals surface area (Å²) in [7, 11) is 0. The molecule has 4 heteroatoms. The third-order valence-electron chi connectivity index (χ3n) is 13.4. The van der Waals surface area contributed by atoms with Gasteiger partial charge >= 0.3 is 21.1 Å². The van der Waals surface area contributed by atoms with Crippen LogP contribution < -0.4 is 4.90 Å². The van der Waals surface area contributed by atoms with Gasteiger partial charge in [0.05, 0.1) is 6.54 Å². The average molecular weight is 1130 g/mol. The van der Waals surface area contributed by atoms with Crippen molar-refractivity contribution in [3.8, 4) is 74.4 Å². The van der Waals surface area contributed by atoms with Crippen molar-refractivity contribution in [1.29, 1.82) is 0 Å². The van der Waals surface area contributed by atoms with Crippen molar-refractivity contribution in [2.75, 3.05) is 4.90 Å². The van der Waals surface area contributed by atoms with Crippen LogP contribution in [0.15, 0.2) is 164 Å². The van der Waals surface area contributed by atoms with Gasteiger partial charge in [0.1, 0.15) is 5.75 Å². The van der Waals surface area contributed by atoms with E-state index < -0.39 is 0 Å². The zero-order valence-electron chi connectivity index (χ0n) is 45.1. The van der Waals surface area contributed by atoms with Gasteiger partial charge in [0.15, 0.2) is 0 Å². The molecule has 0 saturated heterocycles. The molecule has 0 aliphatic carbocycles. The predicted octanol–water partition coefficient (Wildman–Crippen LogP) is 18.5. The Bertz CT molecular complexity index is 3120. The number of benzene rings is 7. The number of anilines is 2. The molecule has 0 bridgehead atoms. The largest absolute Gasteiger partial charge is 2.00 e. The summed E-state index contributed by atoms with van der Waals surface area (Å²) in [4.78, 5) is 7.62. The Hall–Kier alpha value is -6.46. The number of aromatic nitrogens is 1. The van der Waals surface area contributed by atoms with Crippen LogP contribution in [0.2, 0.25) is 0 Å². The molecule has 0 aliphatic rings. The van der Waals surface area contributed by atoms with Crippen LogP contribution in [0.3, 0.4) is 0 Å². The van der Waals surface area contributed by atoms with Crippen molar-refractivity contribution in [3.63, 3.8) is 0 Å². The van der Waals surface area contributed by atoms with E-state index in [2.05, 4.69) is 272 Å². The number of terminal acetylenes is 1. The van der Waals surface area contributed by atoms with E-state index in [4.69, 9.17) is 4.98 Å². The van der Waals surface area contributed by atoms with Crippen molar-refractivity contribution in [3.05, 3.63) is 211 Å². The fourth-order valence-corrected chi connectivity index (χ4v) is 9.18. The van der Waals surface area contributed by atoms with Crippen LogP contribution in [0.4, 0.5) is 11.4 Å². The van der Waals surface area contributed by atoms with Crippen molar-refractivity contribution in [2.24, 2.45) is 0 Å². The maximum atomic E-state index is 12.4. The van der Waals surface area contributed by atoms with Crippen LogP contribution in [-0.2, 0) is 49.3 Å². The van der Waals surface area contributed by atoms with Crippen molar-refractivity contribution in [1.82, 2.24) is 4.98 Å². The molecule has 0 unspecified atom stereocenters. The van der Waals surface area contributed by atoms with E-state index in [0.717, 1.165) is 83.8 Å². The maximum Gasteiger partial charge on any atom is 2.00 e. The third kappa shape index (κ3) is 12.4. The van der Waals surface area contributed by atoms with Crippen LogP contribution in [0, 0.1) is 33.3 Å². The summed E-state index contributed by atoms with van der Waals surface area (Å²) in [5, 5.41) is 12.4. The normalized spacial score (nSPS) is 11.7. The molecule has 8 aromatic rings. The van der Waals surface area contributed by atoms with E-state index >= 15 is 0 Å². The molecular formula is C68H74N2OPt. The minimum absolute atomic E-state index is 0. The van der Waals surface area contributed by atoms with Gasteiger partial charge in [0.2, 0.25) is 0 Å². The van der Waals surface area contributed by atoms with Crippen LogP contribution in [-0.4, -0.2) is 10.1 Å². The third-order valence-corrected chi connectivity index (χ3v) is 13.4. The summed E-state index contributed by atoms with van der Waals surface area (Å²) in [6.07, 6.45) is 10.0. The minimum Gasteiger partial charge on any atom is -0.507 e. The Balaban J connectivity index is 0.00000238. The van der Waals surface area contributed by atoms with Gasteiger partial charge < -0.3 is 17.4 Å². The van der Waals surface area contributed by atoms with Gasteiger partial charge in [-0.3, -0.25) is 4.98 Å². The van der Waals surface area contributed by atoms with E-state index in [-0.39, 0.29) is 50.2 Å². The molecule has 0 amide bonds. The standard InChI is InChI=1S/C65H69N2O.C2H2.CH3.Pt/c1-43-53(47-34-48(36-51(35-47)63(5,6)7)58-40-54(44-24-17-14-18-25-44)56(41-66-58)46-28-21-16-22-29-46)30-23-31-59(43)67(42-49-37-52(64(8,9)10)39-57(61(49)68)65(11,12)13)60-33-32-50(62(2,3)4)38-55(60)45-26-19-15-20-27-45;1-2;;/h14-33,35-41,68H,42H2,1-13H3;1-2H;1H3;/q-1;;-1;+2. The number of aromatic hydroxyl groups is 1. The van der Waals surface area contributed by atoms with Gasteiger partial charge in [0, 0.05) is 40.0 Å². The van der Waals surface area contributed by atoms with Crippen molar-refractivity contribution in [2.45, 2.75) is 118 Å². The molecule has 0 radical (unpaired) electrons. The van der Waals surface area contributed by atoms with Crippen LogP contribution in [0.25, 0.3) is 55.8 Å². The Kier molecular flexibility index (Phi) is 17.7. The number of rotatable bonds is 9. The average Bonchev–Trinajstić information content (AvgIpc) is 3.33. The maximum absolute atomic E-state index is 12.4. The van der Waals surface area contributed by atoms with E-state index in [1.807, 2.05) is 6.20 Å². The molecule has 0 spiro atoms. The van der Waals surface area contributed by atoms with E-state index in [0.29, 0.717) is 12.3 Å². The summed E-state index contributed by atoms with van der Waals surface area (Å²) >= 11 is 0. The quantitative estimate of drug-likeness (QED) is 0.116. The number of phenolic OH excluding ortho intramolecular Hbond substituents is 1. The zero-order chi connectivity index (χ0) is 50.8. The molecule has 7 aromatic carbocycles. The molecule has 1 aromatic heterocycles. The number of phenols is 1. The molecule has 372 valence electrons. The summed E-state index contributed by atoms with van der Waals surface area (Å²) in [6, 6.07) is 60.7. The van der Waals surface area contributed by atoms with E-state index in [1.165, 1.54) is 16.7 Å². The molecule has 72 heavy (non-hydrogen) atoms. The Morgan fingerprint density at radius 1 is 0.486 bits per heavy atom. The second-order valence-electron chi connectivity index (χ2n) is 22.7. The molecule has 0 saturated carbocycles. The van der Waals surface area contributed by atoms with Crippen molar-refractivity contribution < 1.29 is 26.2 Å². The summed E-state index contributed by atoms with van der Waals surface area (Å²) in [5.74, 6) is 0.355. The SMILES string of the molecule is C#C.Cc1c(-c2[c-]c(-c3cc(-c4ccccc4)c(-c4ccccc4)cn3)cc(C(C)(C)C)c2)cccc1N(Cc1cc(C(C)(C)C)cc(C(C)(C)C)c1O)c1ccc(C(C)(C)C)cc1-c1ccccc1.[CH3-].[Pt+2]. The topological polar surface area (TPSA) is 36.4 Å². The second-order valence-corrected chi connectivity index (χ2v) is 22.7. The van der Waals surface area contributed by atoms with Gasteiger partial charge in [-0.05, 0) is 91.8 Å². The first-order chi connectivity index (χ1) is 33.1. The van der Waals surface area contributed by atoms with Gasteiger partial charge in [-0.15, -0.1) is 42.2 Å². The molecule has 1 heterocycles. The molecule has 0 fully saturated rings. The van der Waals surface area contributed by atoms with Gasteiger partial charge in [-0.1, -0.05) is 221 Å². The number of nitrogens with zero attached hydrogens (tertiary/aromatic N) is 2. The minimum atomic E-state index is -0.269. The zero-order valence-corrected chi connectivity index (χ0v) is 47.4. The summed E-state index contributed by atoms with van der Waals surface area (Å²) in [5.41, 5.74) is 18.9. The van der Waals surface area contributed by atoms with E-state index in [1.54, 1.807) is 0 Å². The van der Waals surface area contributed by atoms with Crippen LogP contribution >= 0.6 is 0 Å². The van der Waals surface area contributed by atoms with Crippen LogP contribution in [0.5, 0.6) is 5.75 Å². The first-order valence-corrected chi connectivity index (χ1v) is 24.5. The van der Waals surface area contributed by atoms with E-state index in [9.17, 15) is 5.11 Å². The Morgan fingerprint density at radius 3 is 1.51 bits per heavy atom. The van der Waals surface area contributed by atoms with Crippen LogP contribution in [0.1, 0.15) is 116 Å². The molecule has 0 atom stereocenters. The van der Waals surface area contributed by atoms with Crippen molar-refractivity contribution >= 4 is 11.4 Å². The predicted molar refractivity (Wildman–Crippen MR) is 306 cm³/mol. The van der Waals surface area contributed by atoms with Gasteiger partial charge in [0.25, 0.3) is 0 Å². The first-order valence-electron chi connectivity index (χ1n) is 24.5. The summed E-state index contributed by atoms with van der Waals surface area (Å²) < 4.78 is 0. The first kappa shape index (κ1) is 56.5. The van der Waals surface area contributed by atoms with Gasteiger partial charge in [-0.2, -0.15) is 0 Å². The number of pyridine rings is 1. The fourth-order valence-electron chi connectivity index (χ4n) is 9.18. The number of hydrogen-bond acceptors (Lipinski definition) is 3. The van der Waals surface area contributed by atoms with Gasteiger partial charge in [-0.25, -0.2) is 0 Å². The summed E-state index contributed by atoms with van der Waals surface area (Å²) in [6.45, 7) is 29.7. The number of hydrogen-bond donors (Lipinski definition) is 1. The molecule has 0 aliphatic heterocycles. The molecule has 1 N–H and O–H groups in total. The fraction of sp³-hybridized carbons (Fsp3) is 0.265. The molecular weight excluding hydrogens is 1060 g/mol. The molecule has 8 rings (SSSR count). The molecule has 3 nitrogen and oxygen atoms in total.